The predicted octanol–water partition coefficient (Wildman–Crippen LogP) is 2.95. The van der Waals surface area contributed by atoms with E-state index < -0.39 is 5.60 Å². The smallest absolute Gasteiger partial charge is 0.407 e. The molecule has 0 saturated carbocycles. The first-order valence-corrected chi connectivity index (χ1v) is 8.20. The van der Waals surface area contributed by atoms with E-state index in [0.29, 0.717) is 0 Å². The first-order valence-electron chi connectivity index (χ1n) is 8.20. The molecule has 1 aliphatic rings. The van der Waals surface area contributed by atoms with E-state index in [1.165, 1.54) is 0 Å². The molecule has 1 rings (SSSR count). The number of piperidine rings is 1. The third-order valence-electron chi connectivity index (χ3n) is 3.70. The molecule has 1 fully saturated rings. The minimum atomic E-state index is -0.459. The van der Waals surface area contributed by atoms with Gasteiger partial charge in [-0.3, -0.25) is 4.90 Å². The third-order valence-corrected chi connectivity index (χ3v) is 3.70. The lowest BCUT2D eigenvalue weighted by atomic mass is 10.0. The molecule has 1 heterocycles. The molecule has 130 valence electrons. The number of alkyl carbamates (subject to hydrolysis) is 1. The molecule has 5 heteroatoms. The van der Waals surface area contributed by atoms with E-state index in [1.54, 1.807) is 6.08 Å². The highest BCUT2D eigenvalue weighted by Crippen LogP contribution is 2.15. The molecule has 1 amide bonds. The van der Waals surface area contributed by atoms with E-state index >= 15 is 0 Å². The Kier molecular flexibility index (Phi) is 7.36. The number of hydrogen-bond donors (Lipinski definition) is 2. The maximum absolute atomic E-state index is 11.8. The average Bonchev–Trinajstić information content (AvgIpc) is 2.46. The fourth-order valence-electron chi connectivity index (χ4n) is 2.52. The Balaban J connectivity index is 2.45. The number of allylic oxidation sites excluding steroid dienone is 3. The highest BCUT2D eigenvalue weighted by atomic mass is 16.6. The first-order chi connectivity index (χ1) is 10.7. The Bertz CT molecular complexity index is 467. The van der Waals surface area contributed by atoms with Gasteiger partial charge in [0, 0.05) is 31.4 Å². The summed E-state index contributed by atoms with van der Waals surface area (Å²) in [6.45, 7) is 13.9. The molecule has 0 radical (unpaired) electrons. The number of likely N-dealkylation sites (tertiary alicyclic amines) is 1. The second-order valence-electron chi connectivity index (χ2n) is 6.87. The summed E-state index contributed by atoms with van der Waals surface area (Å²) in [6.07, 6.45) is 7.13. The summed E-state index contributed by atoms with van der Waals surface area (Å²) in [4.78, 5) is 14.2. The lowest BCUT2D eigenvalue weighted by Gasteiger charge is -2.33. The fourth-order valence-corrected chi connectivity index (χ4v) is 2.52. The zero-order valence-corrected chi connectivity index (χ0v) is 14.9. The summed E-state index contributed by atoms with van der Waals surface area (Å²) in [7, 11) is 0. The summed E-state index contributed by atoms with van der Waals surface area (Å²) in [5.41, 5.74) is 7.43. The molecular formula is C18H31N3O2. The van der Waals surface area contributed by atoms with Crippen molar-refractivity contribution < 1.29 is 9.53 Å². The van der Waals surface area contributed by atoms with Gasteiger partial charge in [-0.2, -0.15) is 0 Å². The average molecular weight is 321 g/mol. The minimum Gasteiger partial charge on any atom is -0.444 e. The molecular weight excluding hydrogens is 290 g/mol. The molecule has 0 bridgehead atoms. The van der Waals surface area contributed by atoms with Crippen molar-refractivity contribution in [3.05, 3.63) is 36.1 Å². The van der Waals surface area contributed by atoms with Crippen LogP contribution >= 0.6 is 0 Å². The normalized spacial score (nSPS) is 18.6. The molecule has 1 aliphatic heterocycles. The predicted molar refractivity (Wildman–Crippen MR) is 95.1 cm³/mol. The van der Waals surface area contributed by atoms with Crippen molar-refractivity contribution in [1.82, 2.24) is 10.2 Å². The van der Waals surface area contributed by atoms with Gasteiger partial charge in [-0.15, -0.1) is 0 Å². The molecule has 0 atom stereocenters. The molecule has 23 heavy (non-hydrogen) atoms. The summed E-state index contributed by atoms with van der Waals surface area (Å²) in [5, 5.41) is 2.95. The number of nitrogens with two attached hydrogens (primary N) is 1. The van der Waals surface area contributed by atoms with Crippen LogP contribution in [-0.4, -0.2) is 42.3 Å². The highest BCUT2D eigenvalue weighted by Gasteiger charge is 2.23. The summed E-state index contributed by atoms with van der Waals surface area (Å²) >= 11 is 0. The van der Waals surface area contributed by atoms with Crippen molar-refractivity contribution >= 4 is 6.09 Å². The van der Waals surface area contributed by atoms with Gasteiger partial charge < -0.3 is 15.8 Å². The van der Waals surface area contributed by atoms with E-state index in [-0.39, 0.29) is 12.1 Å². The van der Waals surface area contributed by atoms with Gasteiger partial charge in [0.25, 0.3) is 0 Å². The van der Waals surface area contributed by atoms with Crippen molar-refractivity contribution in [1.29, 1.82) is 0 Å². The largest absolute Gasteiger partial charge is 0.444 e. The second-order valence-corrected chi connectivity index (χ2v) is 6.87. The van der Waals surface area contributed by atoms with Gasteiger partial charge in [0.15, 0.2) is 0 Å². The van der Waals surface area contributed by atoms with E-state index in [0.717, 1.165) is 43.7 Å². The summed E-state index contributed by atoms with van der Waals surface area (Å²) in [6, 6.07) is 0.173. The molecule has 1 saturated heterocycles. The van der Waals surface area contributed by atoms with Crippen LogP contribution in [0.4, 0.5) is 4.79 Å². The van der Waals surface area contributed by atoms with Crippen molar-refractivity contribution in [2.45, 2.75) is 52.2 Å². The Morgan fingerprint density at radius 3 is 2.48 bits per heavy atom. The van der Waals surface area contributed by atoms with Gasteiger partial charge in [-0.1, -0.05) is 24.8 Å². The van der Waals surface area contributed by atoms with Crippen LogP contribution in [-0.2, 0) is 4.74 Å². The van der Waals surface area contributed by atoms with Gasteiger partial charge in [0.1, 0.15) is 5.60 Å². The van der Waals surface area contributed by atoms with Crippen molar-refractivity contribution in [2.24, 2.45) is 5.73 Å². The number of carbonyl (C=O) groups is 1. The Labute approximate surface area is 140 Å². The number of carbonyl (C=O) groups excluding carboxylic acids is 1. The molecule has 0 aromatic heterocycles. The van der Waals surface area contributed by atoms with E-state index in [9.17, 15) is 4.79 Å². The minimum absolute atomic E-state index is 0.173. The monoisotopic (exact) mass is 321 g/mol. The molecule has 0 aromatic rings. The van der Waals surface area contributed by atoms with Crippen LogP contribution < -0.4 is 11.1 Å². The van der Waals surface area contributed by atoms with E-state index in [4.69, 9.17) is 10.5 Å². The van der Waals surface area contributed by atoms with Crippen molar-refractivity contribution in [2.75, 3.05) is 19.6 Å². The standard InChI is InChI=1S/C18H31N3O2/c1-6-8-14(16(19)7-2)13-21-11-9-15(10-12-21)20-17(22)23-18(3,4)5/h6-8,15H,1,9-13,19H2,2-5H3,(H,20,22)/b14-8-,16-7+. The Morgan fingerprint density at radius 2 is 2.00 bits per heavy atom. The van der Waals surface area contributed by atoms with Crippen LogP contribution in [0.2, 0.25) is 0 Å². The van der Waals surface area contributed by atoms with Crippen molar-refractivity contribution in [3.8, 4) is 0 Å². The van der Waals surface area contributed by atoms with Crippen LogP contribution in [0.5, 0.6) is 0 Å². The zero-order valence-electron chi connectivity index (χ0n) is 14.9. The number of amides is 1. The highest BCUT2D eigenvalue weighted by molar-refractivity contribution is 5.68. The maximum atomic E-state index is 11.8. The quantitative estimate of drug-likeness (QED) is 0.764. The second kappa shape index (κ2) is 8.77. The molecule has 5 nitrogen and oxygen atoms in total. The van der Waals surface area contributed by atoms with E-state index in [1.807, 2.05) is 39.8 Å². The SMILES string of the molecule is C=C/C=C(CN1CCC(NC(=O)OC(C)(C)C)CC1)\C(N)=C/C. The number of ether oxygens (including phenoxy) is 1. The lowest BCUT2D eigenvalue weighted by molar-refractivity contribution is 0.0481. The van der Waals surface area contributed by atoms with Gasteiger partial charge in [-0.05, 0) is 46.1 Å². The van der Waals surface area contributed by atoms with Gasteiger partial charge in [0.05, 0.1) is 0 Å². The zero-order chi connectivity index (χ0) is 17.5. The topological polar surface area (TPSA) is 67.6 Å². The number of hydrogen-bond acceptors (Lipinski definition) is 4. The van der Waals surface area contributed by atoms with Crippen LogP contribution in [0, 0.1) is 0 Å². The van der Waals surface area contributed by atoms with Gasteiger partial charge >= 0.3 is 6.09 Å². The van der Waals surface area contributed by atoms with E-state index in [2.05, 4.69) is 16.8 Å². The third kappa shape index (κ3) is 7.37. The number of rotatable bonds is 5. The number of nitrogens with zero attached hydrogens (tertiary/aromatic N) is 1. The lowest BCUT2D eigenvalue weighted by Crippen LogP contribution is -2.46. The van der Waals surface area contributed by atoms with Crippen LogP contribution in [0.1, 0.15) is 40.5 Å². The van der Waals surface area contributed by atoms with Crippen LogP contribution in [0.15, 0.2) is 36.1 Å². The summed E-state index contributed by atoms with van der Waals surface area (Å²) < 4.78 is 5.30. The molecule has 0 aromatic carbocycles. The Morgan fingerprint density at radius 1 is 1.39 bits per heavy atom. The van der Waals surface area contributed by atoms with Crippen LogP contribution in [0.3, 0.4) is 0 Å². The molecule has 0 spiro atoms. The first kappa shape index (κ1) is 19.3. The molecule has 0 aliphatic carbocycles. The maximum Gasteiger partial charge on any atom is 0.407 e. The Hall–Kier alpha value is -1.75. The fraction of sp³-hybridized carbons (Fsp3) is 0.611. The summed E-state index contributed by atoms with van der Waals surface area (Å²) in [5.74, 6) is 0. The molecule has 0 unspecified atom stereocenters. The van der Waals surface area contributed by atoms with Crippen molar-refractivity contribution in [3.63, 3.8) is 0 Å². The van der Waals surface area contributed by atoms with Gasteiger partial charge in [-0.25, -0.2) is 4.79 Å². The van der Waals surface area contributed by atoms with Gasteiger partial charge in [0.2, 0.25) is 0 Å². The number of nitrogens with one attached hydrogen (secondary N) is 1. The molecule has 3 N–H and O–H groups in total. The van der Waals surface area contributed by atoms with Crippen LogP contribution in [0.25, 0.3) is 0 Å².